The van der Waals surface area contributed by atoms with Gasteiger partial charge in [0.05, 0.1) is 18.0 Å². The van der Waals surface area contributed by atoms with E-state index in [4.69, 9.17) is 9.47 Å². The highest BCUT2D eigenvalue weighted by Crippen LogP contribution is 2.25. The van der Waals surface area contributed by atoms with Crippen LogP contribution in [0, 0.1) is 0 Å². The largest absolute Gasteiger partial charge is 0.497 e. The van der Waals surface area contributed by atoms with Crippen molar-refractivity contribution in [1.29, 1.82) is 0 Å². The number of hydrogen-bond acceptors (Lipinski definition) is 4. The first-order valence-electron chi connectivity index (χ1n) is 6.42. The molecule has 5 heteroatoms. The molecule has 0 amide bonds. The van der Waals surface area contributed by atoms with Crippen LogP contribution in [0.4, 0.5) is 0 Å². The molecule has 3 aromatic rings. The van der Waals surface area contributed by atoms with Gasteiger partial charge in [0.1, 0.15) is 18.7 Å². The third-order valence-corrected chi connectivity index (χ3v) is 3.59. The third-order valence-electron chi connectivity index (χ3n) is 3.10. The van der Waals surface area contributed by atoms with Gasteiger partial charge in [0.2, 0.25) is 5.88 Å². The van der Waals surface area contributed by atoms with Gasteiger partial charge in [-0.05, 0) is 35.9 Å². The van der Waals surface area contributed by atoms with Gasteiger partial charge in [-0.2, -0.15) is 0 Å². The lowest BCUT2D eigenvalue weighted by Gasteiger charge is -2.08. The smallest absolute Gasteiger partial charge is 0.224 e. The molecule has 0 radical (unpaired) electrons. The number of ether oxygens (including phenoxy) is 2. The van der Waals surface area contributed by atoms with Gasteiger partial charge in [-0.15, -0.1) is 0 Å². The number of nitrogens with zero attached hydrogens (tertiary/aromatic N) is 2. The lowest BCUT2D eigenvalue weighted by Crippen LogP contribution is -1.98. The fourth-order valence-corrected chi connectivity index (χ4v) is 2.34. The number of benzene rings is 2. The van der Waals surface area contributed by atoms with Crippen LogP contribution in [-0.2, 0) is 6.61 Å². The Bertz CT molecular complexity index is 760. The van der Waals surface area contributed by atoms with Crippen molar-refractivity contribution in [3.8, 4) is 11.6 Å². The Hall–Kier alpha value is -2.14. The van der Waals surface area contributed by atoms with Gasteiger partial charge < -0.3 is 9.47 Å². The van der Waals surface area contributed by atoms with Crippen LogP contribution in [0.5, 0.6) is 11.6 Å². The first-order valence-corrected chi connectivity index (χ1v) is 7.21. The van der Waals surface area contributed by atoms with Gasteiger partial charge in [0.25, 0.3) is 0 Å². The second kappa shape index (κ2) is 6.10. The summed E-state index contributed by atoms with van der Waals surface area (Å²) < 4.78 is 11.9. The molecule has 4 nitrogen and oxygen atoms in total. The van der Waals surface area contributed by atoms with Gasteiger partial charge >= 0.3 is 0 Å². The Balaban J connectivity index is 1.81. The van der Waals surface area contributed by atoms with E-state index in [-0.39, 0.29) is 0 Å². The molecular weight excluding hydrogens is 332 g/mol. The molecule has 0 fully saturated rings. The molecule has 0 saturated carbocycles. The predicted molar refractivity (Wildman–Crippen MR) is 84.6 cm³/mol. The fraction of sp³-hybridized carbons (Fsp3) is 0.125. The molecule has 0 bridgehead atoms. The van der Waals surface area contributed by atoms with Crippen molar-refractivity contribution in [2.24, 2.45) is 0 Å². The molecule has 0 spiro atoms. The Labute approximate surface area is 130 Å². The number of rotatable bonds is 4. The first kappa shape index (κ1) is 13.8. The highest BCUT2D eigenvalue weighted by molar-refractivity contribution is 9.10. The average molecular weight is 345 g/mol. The SMILES string of the molecule is COc1ccc(COc2ncnc3cc(Br)ccc23)cc1. The molecule has 2 aromatic carbocycles. The van der Waals surface area contributed by atoms with E-state index in [2.05, 4.69) is 25.9 Å². The van der Waals surface area contributed by atoms with Crippen LogP contribution in [0.25, 0.3) is 10.9 Å². The second-order valence-electron chi connectivity index (χ2n) is 4.48. The molecule has 0 aliphatic rings. The van der Waals surface area contributed by atoms with Gasteiger partial charge in [-0.25, -0.2) is 9.97 Å². The van der Waals surface area contributed by atoms with Crippen molar-refractivity contribution >= 4 is 26.8 Å². The molecule has 21 heavy (non-hydrogen) atoms. The molecule has 1 aromatic heterocycles. The third kappa shape index (κ3) is 3.13. The van der Waals surface area contributed by atoms with Crippen LogP contribution in [0.1, 0.15) is 5.56 Å². The molecule has 1 heterocycles. The Morgan fingerprint density at radius 2 is 1.86 bits per heavy atom. The standard InChI is InChI=1S/C16H13BrN2O2/c1-20-13-5-2-11(3-6-13)9-21-16-14-7-4-12(17)8-15(14)18-10-19-16/h2-8,10H,9H2,1H3. The van der Waals surface area contributed by atoms with Gasteiger partial charge in [0, 0.05) is 4.47 Å². The Kier molecular flexibility index (Phi) is 4.01. The van der Waals surface area contributed by atoms with Crippen LogP contribution in [0.2, 0.25) is 0 Å². The summed E-state index contributed by atoms with van der Waals surface area (Å²) in [5, 5.41) is 0.897. The van der Waals surface area contributed by atoms with Gasteiger partial charge in [-0.3, -0.25) is 0 Å². The summed E-state index contributed by atoms with van der Waals surface area (Å²) in [6, 6.07) is 13.6. The number of aromatic nitrogens is 2. The number of halogens is 1. The van der Waals surface area contributed by atoms with Crippen molar-refractivity contribution in [2.45, 2.75) is 6.61 Å². The van der Waals surface area contributed by atoms with E-state index in [0.29, 0.717) is 12.5 Å². The highest BCUT2D eigenvalue weighted by atomic mass is 79.9. The molecule has 0 atom stereocenters. The number of fused-ring (bicyclic) bond motifs is 1. The molecule has 106 valence electrons. The van der Waals surface area contributed by atoms with Crippen molar-refractivity contribution in [3.63, 3.8) is 0 Å². The summed E-state index contributed by atoms with van der Waals surface area (Å²) >= 11 is 3.43. The van der Waals surface area contributed by atoms with Crippen LogP contribution in [0.3, 0.4) is 0 Å². The summed E-state index contributed by atoms with van der Waals surface area (Å²) in [7, 11) is 1.65. The van der Waals surface area contributed by atoms with E-state index in [1.807, 2.05) is 42.5 Å². The van der Waals surface area contributed by atoms with Crippen LogP contribution >= 0.6 is 15.9 Å². The first-order chi connectivity index (χ1) is 10.3. The zero-order valence-electron chi connectivity index (χ0n) is 11.4. The van der Waals surface area contributed by atoms with Crippen molar-refractivity contribution in [3.05, 3.63) is 58.8 Å². The summed E-state index contributed by atoms with van der Waals surface area (Å²) in [6.45, 7) is 0.451. The van der Waals surface area contributed by atoms with Gasteiger partial charge in [-0.1, -0.05) is 28.1 Å². The van der Waals surface area contributed by atoms with E-state index in [0.717, 1.165) is 26.7 Å². The minimum Gasteiger partial charge on any atom is -0.497 e. The quantitative estimate of drug-likeness (QED) is 0.718. The van der Waals surface area contributed by atoms with Crippen LogP contribution < -0.4 is 9.47 Å². The lowest BCUT2D eigenvalue weighted by molar-refractivity contribution is 0.297. The van der Waals surface area contributed by atoms with Gasteiger partial charge in [0.15, 0.2) is 0 Å². The maximum absolute atomic E-state index is 5.81. The fourth-order valence-electron chi connectivity index (χ4n) is 1.99. The minimum absolute atomic E-state index is 0.451. The molecule has 0 aliphatic carbocycles. The monoisotopic (exact) mass is 344 g/mol. The zero-order valence-corrected chi connectivity index (χ0v) is 13.0. The van der Waals surface area contributed by atoms with Crippen molar-refractivity contribution in [1.82, 2.24) is 9.97 Å². The molecule has 0 aliphatic heterocycles. The second-order valence-corrected chi connectivity index (χ2v) is 5.39. The lowest BCUT2D eigenvalue weighted by atomic mass is 10.2. The predicted octanol–water partition coefficient (Wildman–Crippen LogP) is 3.98. The molecule has 3 rings (SSSR count). The van der Waals surface area contributed by atoms with E-state index < -0.39 is 0 Å². The highest BCUT2D eigenvalue weighted by Gasteiger charge is 2.05. The van der Waals surface area contributed by atoms with Crippen molar-refractivity contribution < 1.29 is 9.47 Å². The van der Waals surface area contributed by atoms with E-state index >= 15 is 0 Å². The number of methoxy groups -OCH3 is 1. The summed E-state index contributed by atoms with van der Waals surface area (Å²) in [5.74, 6) is 1.42. The Morgan fingerprint density at radius 3 is 2.62 bits per heavy atom. The molecule has 0 saturated heterocycles. The van der Waals surface area contributed by atoms with E-state index in [1.165, 1.54) is 6.33 Å². The average Bonchev–Trinajstić information content (AvgIpc) is 2.53. The maximum atomic E-state index is 5.81. The minimum atomic E-state index is 0.451. The zero-order chi connectivity index (χ0) is 14.7. The topological polar surface area (TPSA) is 44.2 Å². The Morgan fingerprint density at radius 1 is 1.05 bits per heavy atom. The molecular formula is C16H13BrN2O2. The summed E-state index contributed by atoms with van der Waals surface area (Å²) in [4.78, 5) is 8.45. The van der Waals surface area contributed by atoms with Crippen LogP contribution in [-0.4, -0.2) is 17.1 Å². The van der Waals surface area contributed by atoms with E-state index in [1.54, 1.807) is 7.11 Å². The number of hydrogen-bond donors (Lipinski definition) is 0. The summed E-state index contributed by atoms with van der Waals surface area (Å²) in [6.07, 6.45) is 1.51. The van der Waals surface area contributed by atoms with Crippen molar-refractivity contribution in [2.75, 3.05) is 7.11 Å². The van der Waals surface area contributed by atoms with Crippen LogP contribution in [0.15, 0.2) is 53.3 Å². The summed E-state index contributed by atoms with van der Waals surface area (Å²) in [5.41, 5.74) is 1.91. The molecule has 0 N–H and O–H groups in total. The normalized spacial score (nSPS) is 10.6. The molecule has 0 unspecified atom stereocenters. The van der Waals surface area contributed by atoms with E-state index in [9.17, 15) is 0 Å². The maximum Gasteiger partial charge on any atom is 0.224 e.